The summed E-state index contributed by atoms with van der Waals surface area (Å²) in [7, 11) is 0. The van der Waals surface area contributed by atoms with Crippen molar-refractivity contribution in [1.29, 1.82) is 0 Å². The number of ether oxygens (including phenoxy) is 1. The number of aromatic nitrogens is 2. The van der Waals surface area contributed by atoms with Crippen LogP contribution in [0.4, 0.5) is 0 Å². The fourth-order valence-corrected chi connectivity index (χ4v) is 4.36. The lowest BCUT2D eigenvalue weighted by molar-refractivity contribution is -0.146. The third kappa shape index (κ3) is 3.21. The summed E-state index contributed by atoms with van der Waals surface area (Å²) in [5, 5.41) is 14.2. The molecule has 1 N–H and O–H groups in total. The summed E-state index contributed by atoms with van der Waals surface area (Å²) in [6.45, 7) is 1.66. The Kier molecular flexibility index (Phi) is 4.65. The van der Waals surface area contributed by atoms with E-state index in [4.69, 9.17) is 16.3 Å². The Bertz CT molecular complexity index is 862. The van der Waals surface area contributed by atoms with Crippen molar-refractivity contribution in [3.05, 3.63) is 47.2 Å². The number of carbonyl (C=O) groups excluding carboxylic acids is 1. The number of likely N-dealkylation sites (tertiary alicyclic amines) is 1. The van der Waals surface area contributed by atoms with Gasteiger partial charge in [-0.1, -0.05) is 11.6 Å². The van der Waals surface area contributed by atoms with E-state index >= 15 is 0 Å². The minimum absolute atomic E-state index is 0.191. The maximum atomic E-state index is 13.2. The van der Waals surface area contributed by atoms with Gasteiger partial charge in [0.25, 0.3) is 5.91 Å². The fraction of sp³-hybridized carbons (Fsp3) is 0.421. The molecule has 0 aliphatic carbocycles. The van der Waals surface area contributed by atoms with Crippen LogP contribution < -0.4 is 0 Å². The second-order valence-electron chi connectivity index (χ2n) is 7.17. The van der Waals surface area contributed by atoms with Crippen molar-refractivity contribution < 1.29 is 19.4 Å². The van der Waals surface area contributed by atoms with Crippen molar-refractivity contribution in [3.63, 3.8) is 0 Å². The molecule has 8 heteroatoms. The van der Waals surface area contributed by atoms with Gasteiger partial charge in [-0.3, -0.25) is 9.59 Å². The zero-order valence-corrected chi connectivity index (χ0v) is 15.4. The largest absolute Gasteiger partial charge is 0.481 e. The van der Waals surface area contributed by atoms with E-state index in [9.17, 15) is 14.7 Å². The molecule has 0 saturated carbocycles. The second kappa shape index (κ2) is 6.98. The number of halogens is 1. The molecule has 2 aliphatic rings. The van der Waals surface area contributed by atoms with E-state index in [0.29, 0.717) is 43.2 Å². The summed E-state index contributed by atoms with van der Waals surface area (Å²) in [4.78, 5) is 26.6. The minimum atomic E-state index is -0.858. The Hall–Kier alpha value is -2.38. The van der Waals surface area contributed by atoms with Gasteiger partial charge in [-0.15, -0.1) is 0 Å². The van der Waals surface area contributed by atoms with Crippen LogP contribution in [0.25, 0.3) is 5.69 Å². The number of carboxylic acids is 1. The third-order valence-electron chi connectivity index (χ3n) is 5.67. The van der Waals surface area contributed by atoms with Crippen molar-refractivity contribution in [1.82, 2.24) is 14.7 Å². The molecule has 142 valence electrons. The predicted octanol–water partition coefficient (Wildman–Crippen LogP) is 2.48. The minimum Gasteiger partial charge on any atom is -0.481 e. The van der Waals surface area contributed by atoms with E-state index in [-0.39, 0.29) is 12.5 Å². The Morgan fingerprint density at radius 1 is 1.30 bits per heavy atom. The van der Waals surface area contributed by atoms with Gasteiger partial charge in [0.05, 0.1) is 22.2 Å². The van der Waals surface area contributed by atoms with Gasteiger partial charge in [0, 0.05) is 44.1 Å². The number of amides is 1. The van der Waals surface area contributed by atoms with Gasteiger partial charge in [-0.2, -0.15) is 5.10 Å². The molecule has 1 spiro atoms. The first kappa shape index (κ1) is 18.0. The molecule has 2 aliphatic heterocycles. The third-order valence-corrected chi connectivity index (χ3v) is 6.00. The first-order valence-corrected chi connectivity index (χ1v) is 9.27. The van der Waals surface area contributed by atoms with Gasteiger partial charge in [-0.25, -0.2) is 4.68 Å². The Morgan fingerprint density at radius 3 is 2.74 bits per heavy atom. The van der Waals surface area contributed by atoms with Crippen LogP contribution in [0.15, 0.2) is 36.7 Å². The number of hydrogen-bond donors (Lipinski definition) is 1. The van der Waals surface area contributed by atoms with E-state index in [2.05, 4.69) is 5.10 Å². The van der Waals surface area contributed by atoms with Crippen LogP contribution in [0.2, 0.25) is 5.02 Å². The van der Waals surface area contributed by atoms with E-state index < -0.39 is 17.3 Å². The van der Waals surface area contributed by atoms with Gasteiger partial charge in [0.15, 0.2) is 0 Å². The topological polar surface area (TPSA) is 84.7 Å². The second-order valence-corrected chi connectivity index (χ2v) is 7.57. The van der Waals surface area contributed by atoms with Crippen molar-refractivity contribution in [2.45, 2.75) is 12.8 Å². The highest BCUT2D eigenvalue weighted by Gasteiger charge is 2.52. The number of rotatable bonds is 3. The summed E-state index contributed by atoms with van der Waals surface area (Å²) < 4.78 is 7.06. The van der Waals surface area contributed by atoms with Gasteiger partial charge >= 0.3 is 5.97 Å². The zero-order chi connectivity index (χ0) is 19.0. The number of benzene rings is 1. The summed E-state index contributed by atoms with van der Waals surface area (Å²) in [5.74, 6) is -1.69. The van der Waals surface area contributed by atoms with E-state index in [1.54, 1.807) is 46.2 Å². The summed E-state index contributed by atoms with van der Waals surface area (Å²) in [6.07, 6.45) is 4.73. The average Bonchev–Trinajstić information content (AvgIpc) is 3.31. The standard InChI is InChI=1S/C19H20ClN3O4/c20-16-3-2-13(23-7-1-6-21-23)10-14(16)17(24)22-11-15(18(25)26)19(12-22)4-8-27-9-5-19/h1-3,6-7,10,15H,4-5,8-9,11-12H2,(H,25,26). The lowest BCUT2D eigenvalue weighted by Gasteiger charge is -2.36. The summed E-state index contributed by atoms with van der Waals surface area (Å²) >= 11 is 6.29. The Labute approximate surface area is 161 Å². The molecule has 1 aromatic carbocycles. The van der Waals surface area contributed by atoms with Crippen LogP contribution in [0, 0.1) is 11.3 Å². The van der Waals surface area contributed by atoms with Gasteiger partial charge in [0.2, 0.25) is 0 Å². The Balaban J connectivity index is 1.63. The summed E-state index contributed by atoms with van der Waals surface area (Å²) in [5.41, 5.74) is 0.659. The molecule has 2 fully saturated rings. The van der Waals surface area contributed by atoms with Crippen LogP contribution in [0.5, 0.6) is 0 Å². The monoisotopic (exact) mass is 389 g/mol. The first-order valence-electron chi connectivity index (χ1n) is 8.90. The van der Waals surface area contributed by atoms with E-state index in [1.165, 1.54) is 0 Å². The predicted molar refractivity (Wildman–Crippen MR) is 98.1 cm³/mol. The van der Waals surface area contributed by atoms with E-state index in [1.807, 2.05) is 0 Å². The molecule has 2 aromatic rings. The summed E-state index contributed by atoms with van der Waals surface area (Å²) in [6, 6.07) is 6.95. The lowest BCUT2D eigenvalue weighted by Crippen LogP contribution is -2.40. The number of hydrogen-bond acceptors (Lipinski definition) is 4. The number of carboxylic acid groups (broad SMARTS) is 1. The molecule has 1 unspecified atom stereocenters. The molecule has 0 radical (unpaired) electrons. The molecule has 1 aromatic heterocycles. The lowest BCUT2D eigenvalue weighted by atomic mass is 9.72. The highest BCUT2D eigenvalue weighted by molar-refractivity contribution is 6.33. The van der Waals surface area contributed by atoms with Crippen LogP contribution in [0.3, 0.4) is 0 Å². The van der Waals surface area contributed by atoms with E-state index in [0.717, 1.165) is 5.69 Å². The maximum Gasteiger partial charge on any atom is 0.308 e. The number of aliphatic carboxylic acids is 1. The van der Waals surface area contributed by atoms with Crippen molar-refractivity contribution in [2.75, 3.05) is 26.3 Å². The van der Waals surface area contributed by atoms with Crippen LogP contribution in [0.1, 0.15) is 23.2 Å². The molecule has 2 saturated heterocycles. The fourth-order valence-electron chi connectivity index (χ4n) is 4.16. The molecule has 1 amide bonds. The maximum absolute atomic E-state index is 13.2. The molecule has 1 atom stereocenters. The first-order chi connectivity index (χ1) is 13.0. The van der Waals surface area contributed by atoms with Gasteiger partial charge in [-0.05, 0) is 37.1 Å². The molecule has 7 nitrogen and oxygen atoms in total. The normalized spacial score (nSPS) is 21.5. The number of nitrogens with zero attached hydrogens (tertiary/aromatic N) is 3. The van der Waals surface area contributed by atoms with Crippen LogP contribution in [-0.4, -0.2) is 58.0 Å². The van der Waals surface area contributed by atoms with Crippen molar-refractivity contribution >= 4 is 23.5 Å². The zero-order valence-electron chi connectivity index (χ0n) is 14.7. The molecule has 4 rings (SSSR count). The molecule has 27 heavy (non-hydrogen) atoms. The smallest absolute Gasteiger partial charge is 0.308 e. The molecular formula is C19H20ClN3O4. The van der Waals surface area contributed by atoms with Crippen LogP contribution >= 0.6 is 11.6 Å². The van der Waals surface area contributed by atoms with Gasteiger partial charge in [0.1, 0.15) is 0 Å². The molecule has 3 heterocycles. The highest BCUT2D eigenvalue weighted by Crippen LogP contribution is 2.45. The molecular weight excluding hydrogens is 370 g/mol. The quantitative estimate of drug-likeness (QED) is 0.871. The average molecular weight is 390 g/mol. The SMILES string of the molecule is O=C(O)C1CN(C(=O)c2cc(-n3cccn3)ccc2Cl)CC12CCOCC2. The number of carbonyl (C=O) groups is 2. The Morgan fingerprint density at radius 2 is 2.07 bits per heavy atom. The highest BCUT2D eigenvalue weighted by atomic mass is 35.5. The van der Waals surface area contributed by atoms with Gasteiger partial charge < -0.3 is 14.7 Å². The van der Waals surface area contributed by atoms with Crippen molar-refractivity contribution in [2.24, 2.45) is 11.3 Å². The molecule has 0 bridgehead atoms. The van der Waals surface area contributed by atoms with Crippen LogP contribution in [-0.2, 0) is 9.53 Å². The van der Waals surface area contributed by atoms with Crippen molar-refractivity contribution in [3.8, 4) is 5.69 Å².